The van der Waals surface area contributed by atoms with Crippen molar-refractivity contribution in [1.82, 2.24) is 0 Å². The van der Waals surface area contributed by atoms with E-state index in [0.717, 1.165) is 0 Å². The van der Waals surface area contributed by atoms with Crippen molar-refractivity contribution in [3.8, 4) is 0 Å². The SMILES string of the molecule is CCCC[C](C)(C)[Na]. The molecule has 0 rings (SSSR count). The standard InChI is InChI=1S/C7H15.Na/c1-4-5-6-7(2)3;/h4-6H2,1-3H3;. The first kappa shape index (κ1) is 9.00. The van der Waals surface area contributed by atoms with Crippen LogP contribution in [-0.2, 0) is 0 Å². The summed E-state index contributed by atoms with van der Waals surface area (Å²) in [6.07, 6.45) is 4.19. The second-order valence-electron chi connectivity index (χ2n) is 3.66. The van der Waals surface area contributed by atoms with Crippen molar-refractivity contribution >= 4 is 27.9 Å². The van der Waals surface area contributed by atoms with E-state index in [2.05, 4.69) is 20.8 Å². The van der Waals surface area contributed by atoms with Gasteiger partial charge in [0.15, 0.2) is 0 Å². The summed E-state index contributed by atoms with van der Waals surface area (Å²) in [7, 11) is 0. The van der Waals surface area contributed by atoms with Crippen LogP contribution in [-0.4, -0.2) is 27.9 Å². The third-order valence-corrected chi connectivity index (χ3v) is 1.78. The fourth-order valence-electron chi connectivity index (χ4n) is 0.707. The van der Waals surface area contributed by atoms with Crippen molar-refractivity contribution in [1.29, 1.82) is 0 Å². The predicted molar refractivity (Wildman–Crippen MR) is 39.3 cm³/mol. The third-order valence-electron chi connectivity index (χ3n) is 1.28. The molecule has 0 aliphatic rings. The van der Waals surface area contributed by atoms with Crippen molar-refractivity contribution in [3.63, 3.8) is 0 Å². The maximum absolute atomic E-state index is 2.36. The number of hydrogen-bond donors (Lipinski definition) is 0. The molecule has 0 N–H and O–H groups in total. The zero-order valence-electron chi connectivity index (χ0n) is 6.62. The second-order valence-corrected chi connectivity index (χ2v) is 6.37. The molecule has 0 radical (unpaired) electrons. The predicted octanol–water partition coefficient (Wildman–Crippen LogP) is 2.54. The molecule has 0 aliphatic carbocycles. The summed E-state index contributed by atoms with van der Waals surface area (Å²) in [6, 6.07) is 0. The first-order chi connectivity index (χ1) is 3.56. The summed E-state index contributed by atoms with van der Waals surface area (Å²) in [5, 5.41) is 0. The summed E-state index contributed by atoms with van der Waals surface area (Å²) in [4.78, 5) is 0. The van der Waals surface area contributed by atoms with E-state index < -0.39 is 0 Å². The molecule has 0 aromatic carbocycles. The van der Waals surface area contributed by atoms with Crippen molar-refractivity contribution < 1.29 is 0 Å². The van der Waals surface area contributed by atoms with E-state index in [9.17, 15) is 0 Å². The van der Waals surface area contributed by atoms with Crippen molar-refractivity contribution in [2.45, 2.75) is 42.7 Å². The zero-order valence-corrected chi connectivity index (χ0v) is 8.62. The van der Waals surface area contributed by atoms with Gasteiger partial charge < -0.3 is 0 Å². The molecule has 0 saturated heterocycles. The molecule has 0 aliphatic heterocycles. The minimum atomic E-state index is 0.690. The average molecular weight is 122 g/mol. The van der Waals surface area contributed by atoms with Crippen LogP contribution < -0.4 is 0 Å². The number of rotatable bonds is 3. The van der Waals surface area contributed by atoms with Gasteiger partial charge in [0.25, 0.3) is 0 Å². The molecular formula is C7H15Na. The van der Waals surface area contributed by atoms with Gasteiger partial charge in [0, 0.05) is 0 Å². The van der Waals surface area contributed by atoms with E-state index in [-0.39, 0.29) is 0 Å². The molecule has 0 fully saturated rings. The first-order valence-corrected chi connectivity index (χ1v) is 4.56. The topological polar surface area (TPSA) is 0 Å². The molecule has 0 amide bonds. The normalized spacial score (nSPS) is 12.1. The Hall–Kier alpha value is 1.00. The minimum absolute atomic E-state index is 0.690. The number of unbranched alkanes of at least 4 members (excludes halogenated alkanes) is 1. The Morgan fingerprint density at radius 2 is 1.88 bits per heavy atom. The van der Waals surface area contributed by atoms with Crippen LogP contribution in [0.2, 0.25) is 2.66 Å². The van der Waals surface area contributed by atoms with Gasteiger partial charge in [-0.15, -0.1) is 0 Å². The van der Waals surface area contributed by atoms with Crippen LogP contribution in [0.3, 0.4) is 0 Å². The Balaban J connectivity index is 3.11. The van der Waals surface area contributed by atoms with Crippen molar-refractivity contribution in [2.24, 2.45) is 0 Å². The van der Waals surface area contributed by atoms with Crippen LogP contribution in [0.25, 0.3) is 0 Å². The fourth-order valence-corrected chi connectivity index (χ4v) is 1.06. The molecule has 0 aromatic rings. The average Bonchev–Trinajstić information content (AvgIpc) is 1.59. The molecule has 0 spiro atoms. The van der Waals surface area contributed by atoms with Crippen LogP contribution in [0.4, 0.5) is 0 Å². The Morgan fingerprint density at radius 1 is 1.38 bits per heavy atom. The summed E-state index contributed by atoms with van der Waals surface area (Å²) >= 11 is 1.34. The maximum atomic E-state index is 2.36. The van der Waals surface area contributed by atoms with Crippen LogP contribution in [0.1, 0.15) is 40.0 Å². The van der Waals surface area contributed by atoms with Gasteiger partial charge in [0.1, 0.15) is 0 Å². The van der Waals surface area contributed by atoms with E-state index in [4.69, 9.17) is 0 Å². The van der Waals surface area contributed by atoms with Gasteiger partial charge in [-0.3, -0.25) is 0 Å². The van der Waals surface area contributed by atoms with Crippen LogP contribution in [0, 0.1) is 0 Å². The van der Waals surface area contributed by atoms with Crippen LogP contribution in [0.5, 0.6) is 0 Å². The summed E-state index contributed by atoms with van der Waals surface area (Å²) in [5.74, 6) is 0. The van der Waals surface area contributed by atoms with E-state index in [1.54, 1.807) is 0 Å². The fraction of sp³-hybridized carbons (Fsp3) is 1.00. The Morgan fingerprint density at radius 3 is 2.00 bits per heavy atom. The van der Waals surface area contributed by atoms with Gasteiger partial charge in [-0.1, -0.05) is 0 Å². The molecule has 1 heteroatoms. The van der Waals surface area contributed by atoms with Gasteiger partial charge in [-0.25, -0.2) is 0 Å². The van der Waals surface area contributed by atoms with E-state index in [0.29, 0.717) is 2.66 Å². The van der Waals surface area contributed by atoms with Crippen LogP contribution >= 0.6 is 0 Å². The molecule has 0 atom stereocenters. The molecule has 0 heterocycles. The first-order valence-electron chi connectivity index (χ1n) is 3.56. The van der Waals surface area contributed by atoms with Crippen LogP contribution in [0.15, 0.2) is 0 Å². The van der Waals surface area contributed by atoms with Gasteiger partial charge in [-0.2, -0.15) is 0 Å². The second kappa shape index (κ2) is 3.92. The molecule has 44 valence electrons. The summed E-state index contributed by atoms with van der Waals surface area (Å²) in [6.45, 7) is 6.97. The molecule has 8 heavy (non-hydrogen) atoms. The Bertz CT molecular complexity index is 51.9. The van der Waals surface area contributed by atoms with E-state index in [1.165, 1.54) is 47.2 Å². The zero-order chi connectivity index (χ0) is 6.62. The summed E-state index contributed by atoms with van der Waals surface area (Å²) < 4.78 is 0.690. The van der Waals surface area contributed by atoms with Gasteiger partial charge in [0.05, 0.1) is 0 Å². The van der Waals surface area contributed by atoms with Gasteiger partial charge >= 0.3 is 70.6 Å². The molecule has 0 nitrogen and oxygen atoms in total. The van der Waals surface area contributed by atoms with Crippen molar-refractivity contribution in [2.75, 3.05) is 0 Å². The van der Waals surface area contributed by atoms with E-state index >= 15 is 0 Å². The summed E-state index contributed by atoms with van der Waals surface area (Å²) in [5.41, 5.74) is 0. The third kappa shape index (κ3) is 7.00. The molecular weight excluding hydrogens is 107 g/mol. The Labute approximate surface area is 70.5 Å². The molecule has 0 bridgehead atoms. The van der Waals surface area contributed by atoms with Crippen molar-refractivity contribution in [3.05, 3.63) is 0 Å². The molecule has 0 unspecified atom stereocenters. The quantitative estimate of drug-likeness (QED) is 0.504. The molecule has 0 aromatic heterocycles. The number of hydrogen-bond acceptors (Lipinski definition) is 0. The van der Waals surface area contributed by atoms with E-state index in [1.807, 2.05) is 0 Å². The van der Waals surface area contributed by atoms with Gasteiger partial charge in [0.2, 0.25) is 0 Å². The monoisotopic (exact) mass is 122 g/mol. The van der Waals surface area contributed by atoms with Gasteiger partial charge in [-0.05, 0) is 0 Å². The molecule has 0 saturated carbocycles. The Kier molecular flexibility index (Phi) is 4.41.